The smallest absolute Gasteiger partial charge is 0.335 e. The van der Waals surface area contributed by atoms with E-state index >= 15 is 0 Å². The van der Waals surface area contributed by atoms with Crippen molar-refractivity contribution in [2.24, 2.45) is 0 Å². The number of rotatable bonds is 2. The summed E-state index contributed by atoms with van der Waals surface area (Å²) in [4.78, 5) is 25.2. The van der Waals surface area contributed by atoms with Gasteiger partial charge < -0.3 is 5.11 Å². The summed E-state index contributed by atoms with van der Waals surface area (Å²) in [7, 11) is -3.34. The van der Waals surface area contributed by atoms with Gasteiger partial charge in [-0.1, -0.05) is 0 Å². The van der Waals surface area contributed by atoms with Crippen molar-refractivity contribution in [1.29, 1.82) is 0 Å². The molecule has 8 heteroatoms. The first kappa shape index (κ1) is 14.1. The lowest BCUT2D eigenvalue weighted by Crippen LogP contribution is -2.30. The van der Waals surface area contributed by atoms with E-state index in [1.165, 1.54) is 31.2 Å². The number of nitrogens with zero attached hydrogens (tertiary/aromatic N) is 1. The van der Waals surface area contributed by atoms with Crippen LogP contribution in [-0.4, -0.2) is 29.3 Å². The minimum Gasteiger partial charge on any atom is -0.494 e. The molecule has 0 fully saturated rings. The summed E-state index contributed by atoms with van der Waals surface area (Å²) in [6.07, 6.45) is 1.07. The Hall–Kier alpha value is -2.35. The molecule has 0 atom stereocenters. The Morgan fingerprint density at radius 3 is 2.20 bits per heavy atom. The van der Waals surface area contributed by atoms with Crippen molar-refractivity contribution < 1.29 is 13.5 Å². The molecule has 0 aliphatic carbocycles. The summed E-state index contributed by atoms with van der Waals surface area (Å²) in [6.45, 7) is 1.37. The second-order valence-electron chi connectivity index (χ2n) is 4.31. The molecule has 1 aromatic heterocycles. The molecule has 0 aliphatic rings. The average molecular weight is 296 g/mol. The molecule has 0 saturated heterocycles. The van der Waals surface area contributed by atoms with Gasteiger partial charge in [0.05, 0.1) is 16.1 Å². The molecular formula is C12H12N2O5S. The highest BCUT2D eigenvalue weighted by Crippen LogP contribution is 2.17. The van der Waals surface area contributed by atoms with E-state index in [4.69, 9.17) is 0 Å². The maximum Gasteiger partial charge on any atom is 0.335 e. The highest BCUT2D eigenvalue weighted by Gasteiger charge is 2.13. The quantitative estimate of drug-likeness (QED) is 0.807. The maximum atomic E-state index is 11.7. The van der Waals surface area contributed by atoms with Gasteiger partial charge in [-0.05, 0) is 31.2 Å². The van der Waals surface area contributed by atoms with E-state index in [0.717, 1.165) is 10.8 Å². The van der Waals surface area contributed by atoms with Crippen molar-refractivity contribution in [2.45, 2.75) is 11.8 Å². The number of sulfone groups is 1. The zero-order chi connectivity index (χ0) is 15.1. The van der Waals surface area contributed by atoms with E-state index < -0.39 is 27.0 Å². The minimum atomic E-state index is -3.34. The summed E-state index contributed by atoms with van der Waals surface area (Å²) < 4.78 is 23.6. The van der Waals surface area contributed by atoms with Gasteiger partial charge in [-0.15, -0.1) is 0 Å². The number of H-pyrrole nitrogens is 1. The van der Waals surface area contributed by atoms with E-state index in [0.29, 0.717) is 0 Å². The third kappa shape index (κ3) is 2.37. The molecule has 0 aliphatic heterocycles. The van der Waals surface area contributed by atoms with Gasteiger partial charge in [-0.25, -0.2) is 17.8 Å². The van der Waals surface area contributed by atoms with Crippen LogP contribution in [0.3, 0.4) is 0 Å². The van der Waals surface area contributed by atoms with Crippen molar-refractivity contribution in [2.75, 3.05) is 6.26 Å². The molecule has 2 N–H and O–H groups in total. The van der Waals surface area contributed by atoms with Crippen LogP contribution < -0.4 is 11.2 Å². The van der Waals surface area contributed by atoms with Crippen molar-refractivity contribution >= 4 is 9.84 Å². The van der Waals surface area contributed by atoms with Crippen LogP contribution in [0.2, 0.25) is 0 Å². The van der Waals surface area contributed by atoms with Crippen LogP contribution in [0.4, 0.5) is 0 Å². The molecule has 0 bridgehead atoms. The summed E-state index contributed by atoms with van der Waals surface area (Å²) in [5.74, 6) is -0.481. The maximum absolute atomic E-state index is 11.7. The number of nitrogens with one attached hydrogen (secondary N) is 1. The Kier molecular flexibility index (Phi) is 3.26. The number of hydrogen-bond acceptors (Lipinski definition) is 5. The fourth-order valence-electron chi connectivity index (χ4n) is 1.69. The van der Waals surface area contributed by atoms with Crippen molar-refractivity contribution in [3.63, 3.8) is 0 Å². The Morgan fingerprint density at radius 1 is 1.15 bits per heavy atom. The Balaban J connectivity index is 2.68. The molecule has 7 nitrogen and oxygen atoms in total. The lowest BCUT2D eigenvalue weighted by molar-refractivity contribution is 0.426. The van der Waals surface area contributed by atoms with Crippen LogP contribution in [-0.2, 0) is 9.84 Å². The predicted molar refractivity (Wildman–Crippen MR) is 72.2 cm³/mol. The third-order valence-corrected chi connectivity index (χ3v) is 3.96. The fourth-order valence-corrected chi connectivity index (χ4v) is 2.32. The monoisotopic (exact) mass is 296 g/mol. The van der Waals surface area contributed by atoms with E-state index in [1.807, 2.05) is 0 Å². The van der Waals surface area contributed by atoms with Crippen LogP contribution in [0.1, 0.15) is 5.56 Å². The first-order valence-electron chi connectivity index (χ1n) is 5.57. The molecule has 0 saturated carbocycles. The van der Waals surface area contributed by atoms with Gasteiger partial charge in [-0.3, -0.25) is 9.78 Å². The van der Waals surface area contributed by atoms with Crippen LogP contribution in [0, 0.1) is 6.92 Å². The van der Waals surface area contributed by atoms with Crippen LogP contribution >= 0.6 is 0 Å². The highest BCUT2D eigenvalue weighted by atomic mass is 32.2. The zero-order valence-electron chi connectivity index (χ0n) is 10.7. The molecule has 0 unspecified atom stereocenters. The van der Waals surface area contributed by atoms with E-state index in [1.54, 1.807) is 0 Å². The minimum absolute atomic E-state index is 0.00297. The van der Waals surface area contributed by atoms with Gasteiger partial charge in [-0.2, -0.15) is 0 Å². The standard InChI is InChI=1S/C12H12N2O5S/c1-7-10(15)13-12(17)14(11(7)16)8-3-5-9(6-4-8)20(2,18)19/h3-6,16H,1-2H3,(H,13,15,17). The van der Waals surface area contributed by atoms with E-state index in [-0.39, 0.29) is 16.1 Å². The van der Waals surface area contributed by atoms with Gasteiger partial charge in [0.15, 0.2) is 9.84 Å². The number of aromatic nitrogens is 2. The summed E-state index contributed by atoms with van der Waals surface area (Å²) >= 11 is 0. The number of hydrogen-bond donors (Lipinski definition) is 2. The molecule has 0 amide bonds. The summed E-state index contributed by atoms with van der Waals surface area (Å²) in [5.41, 5.74) is -1.22. The zero-order valence-corrected chi connectivity index (χ0v) is 11.6. The average Bonchev–Trinajstić information content (AvgIpc) is 2.36. The van der Waals surface area contributed by atoms with E-state index in [2.05, 4.69) is 4.98 Å². The van der Waals surface area contributed by atoms with Crippen LogP contribution in [0.5, 0.6) is 5.88 Å². The van der Waals surface area contributed by atoms with Gasteiger partial charge in [0.25, 0.3) is 5.56 Å². The fraction of sp³-hybridized carbons (Fsp3) is 0.167. The van der Waals surface area contributed by atoms with Crippen LogP contribution in [0.25, 0.3) is 5.69 Å². The van der Waals surface area contributed by atoms with Gasteiger partial charge >= 0.3 is 5.69 Å². The van der Waals surface area contributed by atoms with Crippen molar-refractivity contribution in [3.8, 4) is 11.6 Å². The Morgan fingerprint density at radius 2 is 1.70 bits per heavy atom. The van der Waals surface area contributed by atoms with E-state index in [9.17, 15) is 23.1 Å². The molecule has 2 aromatic rings. The molecule has 2 rings (SSSR count). The molecule has 0 radical (unpaired) electrons. The molecule has 0 spiro atoms. The SMILES string of the molecule is Cc1c(O)n(-c2ccc(S(C)(=O)=O)cc2)c(=O)[nH]c1=O. The largest absolute Gasteiger partial charge is 0.494 e. The lowest BCUT2D eigenvalue weighted by atomic mass is 10.3. The molecule has 1 heterocycles. The highest BCUT2D eigenvalue weighted by molar-refractivity contribution is 7.90. The Labute approximate surface area is 114 Å². The second kappa shape index (κ2) is 4.64. The summed E-state index contributed by atoms with van der Waals surface area (Å²) in [5, 5.41) is 9.87. The van der Waals surface area contributed by atoms with Crippen molar-refractivity contribution in [3.05, 3.63) is 50.7 Å². The van der Waals surface area contributed by atoms with Gasteiger partial charge in [0.2, 0.25) is 5.88 Å². The first-order chi connectivity index (χ1) is 9.21. The summed E-state index contributed by atoms with van der Waals surface area (Å²) in [6, 6.07) is 5.37. The number of benzene rings is 1. The van der Waals surface area contributed by atoms with Gasteiger partial charge in [0.1, 0.15) is 0 Å². The first-order valence-corrected chi connectivity index (χ1v) is 7.46. The number of aromatic hydroxyl groups is 1. The second-order valence-corrected chi connectivity index (χ2v) is 6.33. The molecule has 106 valence electrons. The molecule has 1 aromatic carbocycles. The molecular weight excluding hydrogens is 284 g/mol. The van der Waals surface area contributed by atoms with Crippen molar-refractivity contribution in [1.82, 2.24) is 9.55 Å². The van der Waals surface area contributed by atoms with Gasteiger partial charge in [0, 0.05) is 6.26 Å². The number of aromatic amines is 1. The molecule has 20 heavy (non-hydrogen) atoms. The Bertz CT molecular complexity index is 876. The van der Waals surface area contributed by atoms with Crippen LogP contribution in [0.15, 0.2) is 38.8 Å². The normalized spacial score (nSPS) is 11.5. The lowest BCUT2D eigenvalue weighted by Gasteiger charge is -2.09. The third-order valence-electron chi connectivity index (χ3n) is 2.83. The predicted octanol–water partition coefficient (Wildman–Crippen LogP) is -0.0567. The topological polar surface area (TPSA) is 109 Å².